The number of ether oxygens (including phenoxy) is 3. The summed E-state index contributed by atoms with van der Waals surface area (Å²) in [7, 11) is -3.39. The summed E-state index contributed by atoms with van der Waals surface area (Å²) in [5.41, 5.74) is 0. The van der Waals surface area contributed by atoms with E-state index in [1.165, 1.54) is 0 Å². The summed E-state index contributed by atoms with van der Waals surface area (Å²) < 4.78 is 28.9. The fourth-order valence-corrected chi connectivity index (χ4v) is 4.05. The molecule has 3 atom stereocenters. The molecule has 0 aliphatic carbocycles. The molecule has 0 radical (unpaired) electrons. The molecule has 3 unspecified atom stereocenters. The Balaban J connectivity index is 5.01. The highest BCUT2D eigenvalue weighted by Gasteiger charge is 2.31. The minimum absolute atomic E-state index is 0.312. The number of carbonyl (C=O) groups excluding carboxylic acids is 3. The van der Waals surface area contributed by atoms with Crippen LogP contribution >= 0.6 is 7.14 Å². The molecule has 0 N–H and O–H groups in total. The first-order valence-electron chi connectivity index (χ1n) is 10.7. The maximum Gasteiger partial charge on any atom is 0.309 e. The fourth-order valence-electron chi connectivity index (χ4n) is 2.73. The van der Waals surface area contributed by atoms with Gasteiger partial charge in [-0.05, 0) is 19.3 Å². The largest absolute Gasteiger partial charge is 0.457 e. The van der Waals surface area contributed by atoms with Crippen molar-refractivity contribution in [2.75, 3.05) is 19.0 Å². The Kier molecular flexibility index (Phi) is 13.9. The van der Waals surface area contributed by atoms with E-state index >= 15 is 0 Å². The average Bonchev–Trinajstić information content (AvgIpc) is 2.69. The lowest BCUT2D eigenvalue weighted by Crippen LogP contribution is -2.22. The molecule has 0 bridgehead atoms. The van der Waals surface area contributed by atoms with E-state index in [9.17, 15) is 18.9 Å². The van der Waals surface area contributed by atoms with Crippen LogP contribution < -0.4 is 0 Å². The molecule has 0 aliphatic rings. The maximum absolute atomic E-state index is 13.2. The Labute approximate surface area is 175 Å². The monoisotopic (exact) mass is 434 g/mol. The molecule has 0 aromatic carbocycles. The van der Waals surface area contributed by atoms with Crippen molar-refractivity contribution in [1.29, 1.82) is 0 Å². The van der Waals surface area contributed by atoms with E-state index in [1.807, 2.05) is 20.8 Å². The van der Waals surface area contributed by atoms with Crippen LogP contribution in [0.25, 0.3) is 0 Å². The molecule has 8 heteroatoms. The molecular formula is C21H39O7P. The first-order chi connectivity index (χ1) is 13.6. The van der Waals surface area contributed by atoms with Gasteiger partial charge in [-0.25, -0.2) is 0 Å². The van der Waals surface area contributed by atoms with E-state index in [4.69, 9.17) is 14.2 Å². The molecule has 0 saturated heterocycles. The van der Waals surface area contributed by atoms with Gasteiger partial charge in [-0.1, -0.05) is 60.8 Å². The Morgan fingerprint density at radius 1 is 0.621 bits per heavy atom. The lowest BCUT2D eigenvalue weighted by Gasteiger charge is -2.21. The highest BCUT2D eigenvalue weighted by atomic mass is 31.2. The fraction of sp³-hybridized carbons (Fsp3) is 0.857. The highest BCUT2D eigenvalue weighted by Crippen LogP contribution is 2.46. The molecule has 0 amide bonds. The van der Waals surface area contributed by atoms with Crippen molar-refractivity contribution in [3.63, 3.8) is 0 Å². The summed E-state index contributed by atoms with van der Waals surface area (Å²) in [6, 6.07) is 0. The molecule has 0 spiro atoms. The van der Waals surface area contributed by atoms with Crippen molar-refractivity contribution >= 4 is 25.0 Å². The van der Waals surface area contributed by atoms with Crippen molar-refractivity contribution in [1.82, 2.24) is 0 Å². The third kappa shape index (κ3) is 11.4. The van der Waals surface area contributed by atoms with Crippen LogP contribution in [0.2, 0.25) is 0 Å². The normalized spacial score (nSPS) is 16.2. The van der Waals surface area contributed by atoms with Crippen molar-refractivity contribution in [3.05, 3.63) is 0 Å². The van der Waals surface area contributed by atoms with Crippen molar-refractivity contribution in [2.24, 2.45) is 17.8 Å². The van der Waals surface area contributed by atoms with E-state index in [1.54, 1.807) is 20.8 Å². The van der Waals surface area contributed by atoms with Gasteiger partial charge < -0.3 is 18.8 Å². The van der Waals surface area contributed by atoms with Gasteiger partial charge in [-0.2, -0.15) is 0 Å². The van der Waals surface area contributed by atoms with Gasteiger partial charge in [0.15, 0.2) is 7.14 Å². The molecule has 0 aliphatic heterocycles. The summed E-state index contributed by atoms with van der Waals surface area (Å²) in [5.74, 6) is -2.30. The summed E-state index contributed by atoms with van der Waals surface area (Å²) in [6.07, 6.45) is 3.23. The molecule has 170 valence electrons. The lowest BCUT2D eigenvalue weighted by atomic mass is 10.1. The van der Waals surface area contributed by atoms with Crippen molar-refractivity contribution in [3.8, 4) is 0 Å². The first-order valence-corrected chi connectivity index (χ1v) is 12.9. The molecular weight excluding hydrogens is 395 g/mol. The van der Waals surface area contributed by atoms with Crippen LogP contribution in [0.1, 0.15) is 80.1 Å². The van der Waals surface area contributed by atoms with Gasteiger partial charge >= 0.3 is 17.9 Å². The zero-order valence-electron chi connectivity index (χ0n) is 18.9. The Morgan fingerprint density at radius 2 is 0.862 bits per heavy atom. The minimum Gasteiger partial charge on any atom is -0.457 e. The third-order valence-corrected chi connectivity index (χ3v) is 6.50. The maximum atomic E-state index is 13.2. The van der Waals surface area contributed by atoms with Gasteiger partial charge in [0.2, 0.25) is 0 Å². The van der Waals surface area contributed by atoms with E-state index in [-0.39, 0.29) is 17.8 Å². The smallest absolute Gasteiger partial charge is 0.309 e. The zero-order chi connectivity index (χ0) is 22.4. The Morgan fingerprint density at radius 3 is 1.07 bits per heavy atom. The van der Waals surface area contributed by atoms with Gasteiger partial charge in [0.05, 0.1) is 17.8 Å². The molecule has 0 heterocycles. The summed E-state index contributed by atoms with van der Waals surface area (Å²) in [5, 5.41) is 0. The van der Waals surface area contributed by atoms with Crippen molar-refractivity contribution in [2.45, 2.75) is 80.1 Å². The minimum atomic E-state index is -3.39. The Bertz CT molecular complexity index is 485. The van der Waals surface area contributed by atoms with Crippen LogP contribution in [0.3, 0.4) is 0 Å². The van der Waals surface area contributed by atoms with Crippen LogP contribution in [0.15, 0.2) is 0 Å². The molecule has 7 nitrogen and oxygen atoms in total. The SMILES string of the molecule is CCCC(C)C(=O)OCP(=O)(COC(=O)C(C)CCC)COC(=O)C(C)CCC. The van der Waals surface area contributed by atoms with Gasteiger partial charge in [0, 0.05) is 0 Å². The van der Waals surface area contributed by atoms with Crippen LogP contribution in [0.5, 0.6) is 0 Å². The first kappa shape index (κ1) is 27.6. The second kappa shape index (κ2) is 14.6. The number of hydrogen-bond donors (Lipinski definition) is 0. The standard InChI is InChI=1S/C21H39O7P/c1-7-10-16(4)19(22)26-13-29(25,14-27-20(23)17(5)11-8-2)15-28-21(24)18(6)12-9-3/h16-18H,7-15H2,1-6H3. The molecule has 0 fully saturated rings. The van der Waals surface area contributed by atoms with Gasteiger partial charge in [-0.3, -0.25) is 14.4 Å². The number of esters is 3. The second-order valence-corrected chi connectivity index (χ2v) is 10.8. The summed E-state index contributed by atoms with van der Waals surface area (Å²) in [6.45, 7) is 11.1. The quantitative estimate of drug-likeness (QED) is 0.199. The van der Waals surface area contributed by atoms with Gasteiger partial charge in [0.25, 0.3) is 0 Å². The van der Waals surface area contributed by atoms with Gasteiger partial charge in [0.1, 0.15) is 19.0 Å². The van der Waals surface area contributed by atoms with Gasteiger partial charge in [-0.15, -0.1) is 0 Å². The number of rotatable bonds is 15. The third-order valence-electron chi connectivity index (χ3n) is 4.70. The van der Waals surface area contributed by atoms with E-state index in [0.29, 0.717) is 19.3 Å². The van der Waals surface area contributed by atoms with E-state index in [0.717, 1.165) is 19.3 Å². The summed E-state index contributed by atoms with van der Waals surface area (Å²) >= 11 is 0. The molecule has 29 heavy (non-hydrogen) atoms. The van der Waals surface area contributed by atoms with Crippen molar-refractivity contribution < 1.29 is 33.2 Å². The number of carbonyl (C=O) groups is 3. The topological polar surface area (TPSA) is 96.0 Å². The Hall–Kier alpha value is -1.36. The van der Waals surface area contributed by atoms with E-state index in [2.05, 4.69) is 0 Å². The predicted molar refractivity (Wildman–Crippen MR) is 113 cm³/mol. The number of hydrogen-bond acceptors (Lipinski definition) is 7. The lowest BCUT2D eigenvalue weighted by molar-refractivity contribution is -0.146. The van der Waals surface area contributed by atoms with E-state index < -0.39 is 44.1 Å². The molecule has 0 saturated carbocycles. The van der Waals surface area contributed by atoms with Crippen LogP contribution in [-0.4, -0.2) is 37.0 Å². The second-order valence-electron chi connectivity index (χ2n) is 7.90. The zero-order valence-corrected chi connectivity index (χ0v) is 19.8. The molecule has 0 rings (SSSR count). The van der Waals surface area contributed by atoms with Crippen LogP contribution in [-0.2, 0) is 33.2 Å². The average molecular weight is 435 g/mol. The molecule has 0 aromatic rings. The summed E-state index contributed by atoms with van der Waals surface area (Å²) in [4.78, 5) is 36.3. The predicted octanol–water partition coefficient (Wildman–Crippen LogP) is 5.16. The van der Waals surface area contributed by atoms with Crippen LogP contribution in [0.4, 0.5) is 0 Å². The van der Waals surface area contributed by atoms with Crippen LogP contribution in [0, 0.1) is 17.8 Å². The molecule has 0 aromatic heterocycles. The highest BCUT2D eigenvalue weighted by molar-refractivity contribution is 7.63.